The van der Waals surface area contributed by atoms with E-state index in [4.69, 9.17) is 9.47 Å². The summed E-state index contributed by atoms with van der Waals surface area (Å²) < 4.78 is 12.0. The quantitative estimate of drug-likeness (QED) is 0.416. The van der Waals surface area contributed by atoms with Gasteiger partial charge in [0.15, 0.2) is 0 Å². The zero-order valence-corrected chi connectivity index (χ0v) is 18.5. The molecule has 156 valence electrons. The first-order valence-corrected chi connectivity index (χ1v) is 10.5. The van der Waals surface area contributed by atoms with Gasteiger partial charge in [-0.2, -0.15) is 0 Å². The van der Waals surface area contributed by atoms with Gasteiger partial charge in [0.2, 0.25) is 0 Å². The predicted molar refractivity (Wildman–Crippen MR) is 116 cm³/mol. The average molecular weight is 463 g/mol. The van der Waals surface area contributed by atoms with Crippen LogP contribution >= 0.6 is 15.9 Å². The molecule has 0 saturated carbocycles. The van der Waals surface area contributed by atoms with E-state index in [1.807, 2.05) is 0 Å². The van der Waals surface area contributed by atoms with Gasteiger partial charge in [0.25, 0.3) is 11.8 Å². The second kappa shape index (κ2) is 11.5. The first-order chi connectivity index (χ1) is 13.9. The molecule has 0 radical (unpaired) electrons. The zero-order chi connectivity index (χ0) is 21.2. The van der Waals surface area contributed by atoms with E-state index >= 15 is 0 Å². The lowest BCUT2D eigenvalue weighted by atomic mass is 10.2. The van der Waals surface area contributed by atoms with Crippen LogP contribution in [0.15, 0.2) is 46.9 Å². The van der Waals surface area contributed by atoms with Crippen molar-refractivity contribution in [3.05, 3.63) is 58.1 Å². The molecule has 0 aromatic heterocycles. The molecule has 0 fully saturated rings. The maximum atomic E-state index is 12.5. The summed E-state index contributed by atoms with van der Waals surface area (Å²) in [4.78, 5) is 24.9. The van der Waals surface area contributed by atoms with Gasteiger partial charge in [-0.3, -0.25) is 20.4 Å². The molecule has 0 atom stereocenters. The van der Waals surface area contributed by atoms with Crippen molar-refractivity contribution in [3.63, 3.8) is 0 Å². The van der Waals surface area contributed by atoms with Gasteiger partial charge < -0.3 is 9.47 Å². The van der Waals surface area contributed by atoms with E-state index in [1.54, 1.807) is 42.5 Å². The van der Waals surface area contributed by atoms with Gasteiger partial charge in [-0.05, 0) is 54.8 Å². The fraction of sp³-hybridized carbons (Fsp3) is 0.364. The SMILES string of the molecule is CCCCOc1ccc(Br)cc1C(=O)NNC(=O)c1ccc(OCC(C)C)cc1. The third-order valence-corrected chi connectivity index (χ3v) is 4.42. The third kappa shape index (κ3) is 7.42. The Labute approximate surface area is 180 Å². The monoisotopic (exact) mass is 462 g/mol. The number of hydrogen-bond acceptors (Lipinski definition) is 4. The van der Waals surface area contributed by atoms with Crippen molar-refractivity contribution in [2.75, 3.05) is 13.2 Å². The molecule has 2 N–H and O–H groups in total. The minimum Gasteiger partial charge on any atom is -0.493 e. The molecule has 29 heavy (non-hydrogen) atoms. The Morgan fingerprint density at radius 2 is 1.69 bits per heavy atom. The summed E-state index contributed by atoms with van der Waals surface area (Å²) in [6, 6.07) is 11.9. The maximum absolute atomic E-state index is 12.5. The second-order valence-corrected chi connectivity index (χ2v) is 7.90. The van der Waals surface area contributed by atoms with Crippen molar-refractivity contribution in [2.45, 2.75) is 33.6 Å². The Hall–Kier alpha value is -2.54. The van der Waals surface area contributed by atoms with Crippen LogP contribution in [0, 0.1) is 5.92 Å². The molecular formula is C22H27BrN2O4. The Bertz CT molecular complexity index is 822. The van der Waals surface area contributed by atoms with Crippen molar-refractivity contribution >= 4 is 27.7 Å². The summed E-state index contributed by atoms with van der Waals surface area (Å²) >= 11 is 3.36. The lowest BCUT2D eigenvalue weighted by molar-refractivity contribution is 0.0844. The lowest BCUT2D eigenvalue weighted by Crippen LogP contribution is -2.41. The van der Waals surface area contributed by atoms with Gasteiger partial charge in [-0.1, -0.05) is 43.1 Å². The molecule has 2 amide bonds. The highest BCUT2D eigenvalue weighted by molar-refractivity contribution is 9.10. The molecule has 2 aromatic carbocycles. The Morgan fingerprint density at radius 3 is 2.34 bits per heavy atom. The van der Waals surface area contributed by atoms with Gasteiger partial charge in [0, 0.05) is 10.0 Å². The van der Waals surface area contributed by atoms with E-state index < -0.39 is 11.8 Å². The molecule has 0 aliphatic heterocycles. The van der Waals surface area contributed by atoms with Gasteiger partial charge in [-0.15, -0.1) is 0 Å². The standard InChI is InChI=1S/C22H27BrN2O4/c1-4-5-12-28-20-11-8-17(23)13-19(20)22(27)25-24-21(26)16-6-9-18(10-7-16)29-14-15(2)3/h6-11,13,15H,4-5,12,14H2,1-3H3,(H,24,26)(H,25,27). The topological polar surface area (TPSA) is 76.7 Å². The number of ether oxygens (including phenoxy) is 2. The fourth-order valence-corrected chi connectivity index (χ4v) is 2.71. The first kappa shape index (κ1) is 22.7. The molecule has 0 spiro atoms. The van der Waals surface area contributed by atoms with E-state index in [9.17, 15) is 9.59 Å². The van der Waals surface area contributed by atoms with Crippen molar-refractivity contribution < 1.29 is 19.1 Å². The van der Waals surface area contributed by atoms with Crippen LogP contribution in [0.5, 0.6) is 11.5 Å². The fourth-order valence-electron chi connectivity index (χ4n) is 2.35. The van der Waals surface area contributed by atoms with Crippen LogP contribution in [-0.4, -0.2) is 25.0 Å². The number of halogens is 1. The first-order valence-electron chi connectivity index (χ1n) is 9.66. The Kier molecular flexibility index (Phi) is 8.99. The summed E-state index contributed by atoms with van der Waals surface area (Å²) in [6.45, 7) is 7.33. The lowest BCUT2D eigenvalue weighted by Gasteiger charge is -2.13. The number of rotatable bonds is 9. The van der Waals surface area contributed by atoms with Crippen LogP contribution in [0.3, 0.4) is 0 Å². The highest BCUT2D eigenvalue weighted by Crippen LogP contribution is 2.23. The summed E-state index contributed by atoms with van der Waals surface area (Å²) in [5, 5.41) is 0. The number of hydrogen-bond donors (Lipinski definition) is 2. The number of hydrazine groups is 1. The van der Waals surface area contributed by atoms with Crippen molar-refractivity contribution in [2.24, 2.45) is 5.92 Å². The van der Waals surface area contributed by atoms with Crippen molar-refractivity contribution in [3.8, 4) is 11.5 Å². The number of amides is 2. The van der Waals surface area contributed by atoms with Gasteiger partial charge in [0.05, 0.1) is 18.8 Å². The van der Waals surface area contributed by atoms with Crippen LogP contribution in [0.25, 0.3) is 0 Å². The van der Waals surface area contributed by atoms with Crippen molar-refractivity contribution in [1.29, 1.82) is 0 Å². The van der Waals surface area contributed by atoms with E-state index in [0.717, 1.165) is 17.3 Å². The molecular weight excluding hydrogens is 436 g/mol. The molecule has 2 rings (SSSR count). The predicted octanol–water partition coefficient (Wildman–Crippen LogP) is 4.74. The highest BCUT2D eigenvalue weighted by Gasteiger charge is 2.15. The minimum atomic E-state index is -0.456. The largest absolute Gasteiger partial charge is 0.493 e. The molecule has 7 heteroatoms. The van der Waals surface area contributed by atoms with Crippen LogP contribution in [0.4, 0.5) is 0 Å². The normalized spacial score (nSPS) is 10.5. The van der Waals surface area contributed by atoms with Crippen LogP contribution < -0.4 is 20.3 Å². The number of unbranched alkanes of at least 4 members (excludes halogenated alkanes) is 1. The smallest absolute Gasteiger partial charge is 0.273 e. The minimum absolute atomic E-state index is 0.341. The summed E-state index contributed by atoms with van der Waals surface area (Å²) in [5.74, 6) is 0.713. The van der Waals surface area contributed by atoms with E-state index in [1.165, 1.54) is 0 Å². The number of nitrogens with one attached hydrogen (secondary N) is 2. The summed E-state index contributed by atoms with van der Waals surface area (Å²) in [7, 11) is 0. The molecule has 0 aliphatic carbocycles. The van der Waals surface area contributed by atoms with Gasteiger partial charge in [-0.25, -0.2) is 0 Å². The van der Waals surface area contributed by atoms with Gasteiger partial charge in [0.1, 0.15) is 11.5 Å². The molecule has 6 nitrogen and oxygen atoms in total. The van der Waals surface area contributed by atoms with E-state index in [0.29, 0.717) is 41.8 Å². The Morgan fingerprint density at radius 1 is 1.00 bits per heavy atom. The number of carbonyl (C=O) groups is 2. The molecule has 0 bridgehead atoms. The number of carbonyl (C=O) groups excluding carboxylic acids is 2. The van der Waals surface area contributed by atoms with Crippen molar-refractivity contribution in [1.82, 2.24) is 10.9 Å². The van der Waals surface area contributed by atoms with E-state index in [2.05, 4.69) is 47.6 Å². The second-order valence-electron chi connectivity index (χ2n) is 6.98. The maximum Gasteiger partial charge on any atom is 0.273 e. The molecule has 0 aliphatic rings. The molecule has 0 heterocycles. The van der Waals surface area contributed by atoms with E-state index in [-0.39, 0.29) is 0 Å². The zero-order valence-electron chi connectivity index (χ0n) is 17.0. The third-order valence-electron chi connectivity index (χ3n) is 3.93. The molecule has 0 unspecified atom stereocenters. The summed E-state index contributed by atoms with van der Waals surface area (Å²) in [5.41, 5.74) is 5.62. The van der Waals surface area contributed by atoms with Crippen LogP contribution in [-0.2, 0) is 0 Å². The average Bonchev–Trinajstić information content (AvgIpc) is 2.71. The van der Waals surface area contributed by atoms with Crippen LogP contribution in [0.2, 0.25) is 0 Å². The molecule has 0 saturated heterocycles. The van der Waals surface area contributed by atoms with Gasteiger partial charge >= 0.3 is 0 Å². The number of benzene rings is 2. The highest BCUT2D eigenvalue weighted by atomic mass is 79.9. The molecule has 2 aromatic rings. The summed E-state index contributed by atoms with van der Waals surface area (Å²) in [6.07, 6.45) is 1.89. The Balaban J connectivity index is 1.96. The van der Waals surface area contributed by atoms with Crippen LogP contribution in [0.1, 0.15) is 54.3 Å².